The van der Waals surface area contributed by atoms with Gasteiger partial charge in [0, 0.05) is 16.8 Å². The highest BCUT2D eigenvalue weighted by atomic mass is 32.2. The first-order valence-corrected chi connectivity index (χ1v) is 11.4. The fraction of sp³-hybridized carbons (Fsp3) is 0.100. The maximum Gasteiger partial charge on any atom is 0.265 e. The van der Waals surface area contributed by atoms with Crippen LogP contribution in [-0.2, 0) is 10.0 Å². The van der Waals surface area contributed by atoms with Crippen LogP contribution in [0.2, 0.25) is 0 Å². The summed E-state index contributed by atoms with van der Waals surface area (Å²) < 4.78 is 30.1. The van der Waals surface area contributed by atoms with Gasteiger partial charge in [0.05, 0.1) is 29.5 Å². The van der Waals surface area contributed by atoms with Crippen LogP contribution in [0.3, 0.4) is 0 Å². The molecule has 0 bridgehead atoms. The predicted octanol–water partition coefficient (Wildman–Crippen LogP) is 3.63. The van der Waals surface area contributed by atoms with Gasteiger partial charge in [-0.15, -0.1) is 11.3 Å². The number of rotatable bonds is 7. The lowest BCUT2D eigenvalue weighted by molar-refractivity contribution is 0.102. The Morgan fingerprint density at radius 1 is 0.900 bits per heavy atom. The molecule has 0 atom stereocenters. The molecule has 0 fully saturated rings. The van der Waals surface area contributed by atoms with E-state index in [-0.39, 0.29) is 5.91 Å². The van der Waals surface area contributed by atoms with Crippen molar-refractivity contribution in [2.24, 2.45) is 0 Å². The highest BCUT2D eigenvalue weighted by Gasteiger charge is 2.14. The molecule has 2 amide bonds. The van der Waals surface area contributed by atoms with E-state index < -0.39 is 15.9 Å². The molecule has 30 heavy (non-hydrogen) atoms. The SMILES string of the molecule is COc1ccc(NC(=O)c2csc(C(=O)Nc3cccc(NS(C)(=O)=O)c3)c2)cc1. The summed E-state index contributed by atoms with van der Waals surface area (Å²) in [6.45, 7) is 0. The number of hydrogen-bond acceptors (Lipinski definition) is 6. The van der Waals surface area contributed by atoms with Crippen molar-refractivity contribution in [3.63, 3.8) is 0 Å². The normalized spacial score (nSPS) is 10.9. The number of methoxy groups -OCH3 is 1. The lowest BCUT2D eigenvalue weighted by atomic mass is 10.2. The fourth-order valence-electron chi connectivity index (χ4n) is 2.52. The topological polar surface area (TPSA) is 114 Å². The molecule has 156 valence electrons. The number of benzene rings is 2. The van der Waals surface area contributed by atoms with Crippen LogP contribution in [0.25, 0.3) is 0 Å². The van der Waals surface area contributed by atoms with Crippen molar-refractivity contribution in [1.82, 2.24) is 0 Å². The van der Waals surface area contributed by atoms with Crippen LogP contribution in [0.4, 0.5) is 17.1 Å². The second-order valence-electron chi connectivity index (χ2n) is 6.29. The zero-order valence-electron chi connectivity index (χ0n) is 16.1. The third kappa shape index (κ3) is 5.82. The van der Waals surface area contributed by atoms with Gasteiger partial charge in [-0.1, -0.05) is 6.07 Å². The summed E-state index contributed by atoms with van der Waals surface area (Å²) in [6.07, 6.45) is 1.04. The van der Waals surface area contributed by atoms with E-state index in [0.717, 1.165) is 17.6 Å². The van der Waals surface area contributed by atoms with Gasteiger partial charge in [-0.05, 0) is 48.5 Å². The standard InChI is InChI=1S/C20H19N3O5S2/c1-28-17-8-6-14(7-9-17)21-19(24)13-10-18(29-12-13)20(25)22-15-4-3-5-16(11-15)23-30(2,26)27/h3-12,23H,1-2H3,(H,21,24)(H,22,25). The molecule has 3 rings (SSSR count). The lowest BCUT2D eigenvalue weighted by Gasteiger charge is -2.07. The van der Waals surface area contributed by atoms with Crippen LogP contribution < -0.4 is 20.1 Å². The van der Waals surface area contributed by atoms with Gasteiger partial charge in [-0.2, -0.15) is 0 Å². The van der Waals surface area contributed by atoms with Crippen LogP contribution >= 0.6 is 11.3 Å². The van der Waals surface area contributed by atoms with Gasteiger partial charge in [-0.25, -0.2) is 8.42 Å². The summed E-state index contributed by atoms with van der Waals surface area (Å²) in [6, 6.07) is 14.7. The molecule has 8 nitrogen and oxygen atoms in total. The van der Waals surface area contributed by atoms with Crippen molar-refractivity contribution in [1.29, 1.82) is 0 Å². The Morgan fingerprint density at radius 2 is 1.57 bits per heavy atom. The van der Waals surface area contributed by atoms with E-state index in [1.165, 1.54) is 12.1 Å². The van der Waals surface area contributed by atoms with Crippen molar-refractivity contribution in [3.05, 3.63) is 70.4 Å². The molecule has 0 aliphatic carbocycles. The third-order valence-electron chi connectivity index (χ3n) is 3.86. The Balaban J connectivity index is 1.65. The van der Waals surface area contributed by atoms with Gasteiger partial charge in [0.25, 0.3) is 11.8 Å². The molecule has 0 saturated carbocycles. The maximum atomic E-state index is 12.5. The molecule has 1 aromatic heterocycles. The Hall–Kier alpha value is -3.37. The minimum atomic E-state index is -3.42. The molecule has 0 saturated heterocycles. The number of sulfonamides is 1. The zero-order valence-corrected chi connectivity index (χ0v) is 17.8. The summed E-state index contributed by atoms with van der Waals surface area (Å²) in [7, 11) is -1.86. The minimum absolute atomic E-state index is 0.334. The van der Waals surface area contributed by atoms with Crippen LogP contribution in [0.5, 0.6) is 5.75 Å². The van der Waals surface area contributed by atoms with E-state index in [1.807, 2.05) is 0 Å². The Labute approximate surface area is 177 Å². The monoisotopic (exact) mass is 445 g/mol. The number of nitrogens with one attached hydrogen (secondary N) is 3. The van der Waals surface area contributed by atoms with E-state index >= 15 is 0 Å². The molecule has 2 aromatic carbocycles. The molecule has 3 aromatic rings. The molecule has 0 aliphatic heterocycles. The smallest absolute Gasteiger partial charge is 0.265 e. The Kier molecular flexibility index (Phi) is 6.38. The van der Waals surface area contributed by atoms with Crippen molar-refractivity contribution in [2.45, 2.75) is 0 Å². The zero-order chi connectivity index (χ0) is 21.7. The minimum Gasteiger partial charge on any atom is -0.497 e. The number of ether oxygens (including phenoxy) is 1. The molecule has 10 heteroatoms. The van der Waals surface area contributed by atoms with E-state index in [0.29, 0.717) is 33.3 Å². The van der Waals surface area contributed by atoms with Crippen molar-refractivity contribution < 1.29 is 22.7 Å². The van der Waals surface area contributed by atoms with Gasteiger partial charge in [0.15, 0.2) is 0 Å². The number of amides is 2. The maximum absolute atomic E-state index is 12.5. The van der Waals surface area contributed by atoms with Gasteiger partial charge in [-0.3, -0.25) is 14.3 Å². The lowest BCUT2D eigenvalue weighted by Crippen LogP contribution is -2.13. The largest absolute Gasteiger partial charge is 0.497 e. The van der Waals surface area contributed by atoms with E-state index in [1.54, 1.807) is 55.0 Å². The van der Waals surface area contributed by atoms with Crippen LogP contribution in [0.15, 0.2) is 60.0 Å². The molecule has 0 unspecified atom stereocenters. The number of carbonyl (C=O) groups is 2. The summed E-state index contributed by atoms with van der Waals surface area (Å²) in [4.78, 5) is 25.2. The average Bonchev–Trinajstić information content (AvgIpc) is 3.18. The van der Waals surface area contributed by atoms with Crippen molar-refractivity contribution in [3.8, 4) is 5.75 Å². The van der Waals surface area contributed by atoms with Gasteiger partial charge < -0.3 is 15.4 Å². The van der Waals surface area contributed by atoms with E-state index in [2.05, 4.69) is 15.4 Å². The van der Waals surface area contributed by atoms with Gasteiger partial charge in [0.2, 0.25) is 10.0 Å². The molecule has 0 aliphatic rings. The Bertz CT molecular complexity index is 1170. The van der Waals surface area contributed by atoms with Crippen LogP contribution in [-0.4, -0.2) is 33.6 Å². The fourth-order valence-corrected chi connectivity index (χ4v) is 3.86. The summed E-state index contributed by atoms with van der Waals surface area (Å²) in [5, 5.41) is 7.04. The summed E-state index contributed by atoms with van der Waals surface area (Å²) in [5.41, 5.74) is 1.72. The average molecular weight is 446 g/mol. The van der Waals surface area contributed by atoms with Crippen molar-refractivity contribution in [2.75, 3.05) is 28.7 Å². The molecule has 1 heterocycles. The van der Waals surface area contributed by atoms with E-state index in [9.17, 15) is 18.0 Å². The third-order valence-corrected chi connectivity index (χ3v) is 5.39. The second-order valence-corrected chi connectivity index (χ2v) is 8.95. The number of thiophene rings is 1. The number of carbonyl (C=O) groups excluding carboxylic acids is 2. The second kappa shape index (κ2) is 8.97. The quantitative estimate of drug-likeness (QED) is 0.514. The van der Waals surface area contributed by atoms with Crippen molar-refractivity contribution >= 4 is 50.2 Å². The predicted molar refractivity (Wildman–Crippen MR) is 118 cm³/mol. The van der Waals surface area contributed by atoms with Crippen LogP contribution in [0.1, 0.15) is 20.0 Å². The Morgan fingerprint density at radius 3 is 2.23 bits per heavy atom. The molecule has 0 radical (unpaired) electrons. The molecular formula is C20H19N3O5S2. The first-order valence-electron chi connectivity index (χ1n) is 8.66. The van der Waals surface area contributed by atoms with E-state index in [4.69, 9.17) is 4.74 Å². The highest BCUT2D eigenvalue weighted by molar-refractivity contribution is 7.92. The van der Waals surface area contributed by atoms with Crippen LogP contribution in [0, 0.1) is 0 Å². The molecule has 0 spiro atoms. The number of anilines is 3. The molecular weight excluding hydrogens is 426 g/mol. The first kappa shape index (κ1) is 21.3. The summed E-state index contributed by atoms with van der Waals surface area (Å²) >= 11 is 1.13. The van der Waals surface area contributed by atoms with Gasteiger partial charge in [0.1, 0.15) is 5.75 Å². The summed E-state index contributed by atoms with van der Waals surface area (Å²) in [5.74, 6) is -0.0619. The number of hydrogen-bond donors (Lipinski definition) is 3. The first-order chi connectivity index (χ1) is 14.2. The molecule has 3 N–H and O–H groups in total. The van der Waals surface area contributed by atoms with Gasteiger partial charge >= 0.3 is 0 Å². The highest BCUT2D eigenvalue weighted by Crippen LogP contribution is 2.21.